The minimum Gasteiger partial charge on any atom is -0.503 e. The summed E-state index contributed by atoms with van der Waals surface area (Å²) in [4.78, 5) is 0. The van der Waals surface area contributed by atoms with Crippen LogP contribution in [0.4, 0.5) is 13.2 Å². The van der Waals surface area contributed by atoms with Gasteiger partial charge in [-0.2, -0.15) is 0 Å². The van der Waals surface area contributed by atoms with E-state index in [-0.39, 0.29) is 3.57 Å². The van der Waals surface area contributed by atoms with Crippen molar-refractivity contribution in [2.45, 2.75) is 6.36 Å². The van der Waals surface area contributed by atoms with E-state index in [1.165, 1.54) is 6.07 Å². The minimum absolute atomic E-state index is 0.268. The summed E-state index contributed by atoms with van der Waals surface area (Å²) in [6, 6.07) is 2.40. The van der Waals surface area contributed by atoms with E-state index in [0.29, 0.717) is 4.47 Å². The number of rotatable bonds is 1. The van der Waals surface area contributed by atoms with Crippen molar-refractivity contribution in [3.63, 3.8) is 0 Å². The molecule has 1 aromatic rings. The Bertz CT molecular complexity index is 354. The number of ether oxygens (including phenoxy) is 1. The maximum atomic E-state index is 11.8. The van der Waals surface area contributed by atoms with Gasteiger partial charge in [-0.15, -0.1) is 13.2 Å². The number of phenolic OH excluding ortho intramolecular Hbond substituents is 1. The molecule has 0 amide bonds. The molecule has 7 heteroatoms. The van der Waals surface area contributed by atoms with Crippen LogP contribution in [0.15, 0.2) is 16.6 Å². The normalized spacial score (nSPS) is 11.5. The van der Waals surface area contributed by atoms with E-state index in [1.807, 2.05) is 0 Å². The Labute approximate surface area is 99.3 Å². The number of halogens is 5. The Balaban J connectivity index is 3.06. The lowest BCUT2D eigenvalue weighted by atomic mass is 10.3. The van der Waals surface area contributed by atoms with Crippen LogP contribution in [0.3, 0.4) is 0 Å². The van der Waals surface area contributed by atoms with Crippen LogP contribution in [0, 0.1) is 3.57 Å². The highest BCUT2D eigenvalue weighted by Crippen LogP contribution is 2.38. The third-order valence-corrected chi connectivity index (χ3v) is 3.75. The summed E-state index contributed by atoms with van der Waals surface area (Å²) in [6.45, 7) is 0. The molecule has 2 nitrogen and oxygen atoms in total. The molecule has 0 aliphatic heterocycles. The molecule has 0 aliphatic carbocycles. The van der Waals surface area contributed by atoms with E-state index in [1.54, 1.807) is 22.6 Å². The van der Waals surface area contributed by atoms with Crippen molar-refractivity contribution in [1.82, 2.24) is 0 Å². The fraction of sp³-hybridized carbons (Fsp3) is 0.143. The van der Waals surface area contributed by atoms with Crippen molar-refractivity contribution in [2.75, 3.05) is 0 Å². The summed E-state index contributed by atoms with van der Waals surface area (Å²) in [5, 5.41) is 9.28. The first-order chi connectivity index (χ1) is 6.31. The second kappa shape index (κ2) is 4.13. The van der Waals surface area contributed by atoms with Crippen molar-refractivity contribution >= 4 is 38.5 Å². The average Bonchev–Trinajstić information content (AvgIpc) is 2.04. The third kappa shape index (κ3) is 2.91. The Kier molecular flexibility index (Phi) is 3.51. The van der Waals surface area contributed by atoms with E-state index in [4.69, 9.17) is 0 Å². The molecule has 0 saturated heterocycles. The monoisotopic (exact) mass is 382 g/mol. The van der Waals surface area contributed by atoms with Crippen LogP contribution in [0.5, 0.6) is 11.5 Å². The van der Waals surface area contributed by atoms with Gasteiger partial charge in [0.05, 0.1) is 3.57 Å². The standard InChI is InChI=1S/C7H3BrF3IO2/c8-3-1-2-4(6(13)5(3)12)14-7(9,10)11/h1-2,13H. The molecule has 1 rings (SSSR count). The van der Waals surface area contributed by atoms with Gasteiger partial charge in [0.25, 0.3) is 0 Å². The molecule has 0 aromatic heterocycles. The zero-order valence-corrected chi connectivity index (χ0v) is 10.1. The highest BCUT2D eigenvalue weighted by Gasteiger charge is 2.32. The predicted octanol–water partition coefficient (Wildman–Crippen LogP) is 3.66. The highest BCUT2D eigenvalue weighted by atomic mass is 127. The fourth-order valence-corrected chi connectivity index (χ4v) is 1.49. The molecule has 0 heterocycles. The Morgan fingerprint density at radius 2 is 1.93 bits per heavy atom. The van der Waals surface area contributed by atoms with Gasteiger partial charge in [-0.1, -0.05) is 0 Å². The van der Waals surface area contributed by atoms with Gasteiger partial charge in [0.1, 0.15) is 0 Å². The van der Waals surface area contributed by atoms with Gasteiger partial charge in [-0.05, 0) is 50.7 Å². The van der Waals surface area contributed by atoms with Gasteiger partial charge < -0.3 is 9.84 Å². The fourth-order valence-electron chi connectivity index (χ4n) is 0.729. The van der Waals surface area contributed by atoms with Gasteiger partial charge in [-0.3, -0.25) is 0 Å². The minimum atomic E-state index is -4.80. The van der Waals surface area contributed by atoms with Gasteiger partial charge in [0, 0.05) is 4.47 Å². The lowest BCUT2D eigenvalue weighted by Gasteiger charge is -2.11. The average molecular weight is 383 g/mol. The highest BCUT2D eigenvalue weighted by molar-refractivity contribution is 14.1. The molecule has 0 atom stereocenters. The summed E-state index contributed by atoms with van der Waals surface area (Å²) in [7, 11) is 0. The first kappa shape index (κ1) is 11.9. The lowest BCUT2D eigenvalue weighted by molar-refractivity contribution is -0.275. The SMILES string of the molecule is Oc1c(OC(F)(F)F)ccc(Br)c1I. The van der Waals surface area contributed by atoms with Crippen LogP contribution in [-0.4, -0.2) is 11.5 Å². The van der Waals surface area contributed by atoms with Crippen molar-refractivity contribution < 1.29 is 23.0 Å². The molecule has 1 aromatic carbocycles. The first-order valence-corrected chi connectivity index (χ1v) is 5.11. The number of hydrogen-bond acceptors (Lipinski definition) is 2. The molecule has 1 N–H and O–H groups in total. The Hall–Kier alpha value is -0.180. The maximum Gasteiger partial charge on any atom is 0.573 e. The number of hydrogen-bond donors (Lipinski definition) is 1. The first-order valence-electron chi connectivity index (χ1n) is 3.24. The van der Waals surface area contributed by atoms with Gasteiger partial charge in [0.2, 0.25) is 0 Å². The summed E-state index contributed by atoms with van der Waals surface area (Å²) >= 11 is 4.76. The summed E-state index contributed by atoms with van der Waals surface area (Å²) in [5.41, 5.74) is 0. The molecule has 0 bridgehead atoms. The number of alkyl halides is 3. The van der Waals surface area contributed by atoms with Gasteiger partial charge in [0.15, 0.2) is 11.5 Å². The third-order valence-electron chi connectivity index (χ3n) is 1.26. The van der Waals surface area contributed by atoms with Crippen molar-refractivity contribution in [2.24, 2.45) is 0 Å². The van der Waals surface area contributed by atoms with E-state index < -0.39 is 17.9 Å². The second-order valence-corrected chi connectivity index (χ2v) is 4.19. The molecule has 0 aliphatic rings. The quantitative estimate of drug-likeness (QED) is 0.751. The van der Waals surface area contributed by atoms with Crippen LogP contribution in [-0.2, 0) is 0 Å². The molecule has 0 unspecified atom stereocenters. The molecule has 0 spiro atoms. The van der Waals surface area contributed by atoms with Crippen LogP contribution < -0.4 is 4.74 Å². The smallest absolute Gasteiger partial charge is 0.503 e. The largest absolute Gasteiger partial charge is 0.573 e. The van der Waals surface area contributed by atoms with Crippen LogP contribution in [0.25, 0.3) is 0 Å². The number of aromatic hydroxyl groups is 1. The van der Waals surface area contributed by atoms with E-state index >= 15 is 0 Å². The summed E-state index contributed by atoms with van der Waals surface area (Å²) in [5.74, 6) is -1.14. The molecular formula is C7H3BrF3IO2. The second-order valence-electron chi connectivity index (χ2n) is 2.26. The Morgan fingerprint density at radius 1 is 1.36 bits per heavy atom. The van der Waals surface area contributed by atoms with E-state index in [0.717, 1.165) is 6.07 Å². The molecule has 14 heavy (non-hydrogen) atoms. The summed E-state index contributed by atoms with van der Waals surface area (Å²) < 4.78 is 39.8. The van der Waals surface area contributed by atoms with Crippen molar-refractivity contribution in [3.05, 3.63) is 20.2 Å². The molecule has 0 fully saturated rings. The van der Waals surface area contributed by atoms with Crippen molar-refractivity contribution in [3.8, 4) is 11.5 Å². The molecule has 0 radical (unpaired) electrons. The molecule has 78 valence electrons. The van der Waals surface area contributed by atoms with E-state index in [2.05, 4.69) is 20.7 Å². The number of phenols is 1. The predicted molar refractivity (Wildman–Crippen MR) is 55.2 cm³/mol. The maximum absolute atomic E-state index is 11.8. The van der Waals surface area contributed by atoms with Crippen molar-refractivity contribution in [1.29, 1.82) is 0 Å². The van der Waals surface area contributed by atoms with Gasteiger partial charge >= 0.3 is 6.36 Å². The van der Waals surface area contributed by atoms with Crippen LogP contribution >= 0.6 is 38.5 Å². The zero-order chi connectivity index (χ0) is 10.9. The molecule has 0 saturated carbocycles. The topological polar surface area (TPSA) is 29.5 Å². The van der Waals surface area contributed by atoms with Crippen LogP contribution in [0.2, 0.25) is 0 Å². The summed E-state index contributed by atoms with van der Waals surface area (Å²) in [6.07, 6.45) is -4.80. The molecular weight excluding hydrogens is 380 g/mol. The van der Waals surface area contributed by atoms with E-state index in [9.17, 15) is 18.3 Å². The Morgan fingerprint density at radius 3 is 2.43 bits per heavy atom. The number of benzene rings is 1. The lowest BCUT2D eigenvalue weighted by Crippen LogP contribution is -2.17. The zero-order valence-electron chi connectivity index (χ0n) is 6.40. The van der Waals surface area contributed by atoms with Crippen LogP contribution in [0.1, 0.15) is 0 Å². The van der Waals surface area contributed by atoms with Gasteiger partial charge in [-0.25, -0.2) is 0 Å².